The van der Waals surface area contributed by atoms with Crippen molar-refractivity contribution >= 4 is 16.0 Å². The molecule has 1 heterocycles. The molecule has 3 rings (SSSR count). The summed E-state index contributed by atoms with van der Waals surface area (Å²) in [5, 5.41) is 9.26. The molecule has 0 amide bonds. The maximum atomic E-state index is 12.6. The van der Waals surface area contributed by atoms with E-state index in [9.17, 15) is 18.3 Å². The second kappa shape index (κ2) is 6.61. The van der Waals surface area contributed by atoms with Gasteiger partial charge in [-0.25, -0.2) is 8.42 Å². The Morgan fingerprint density at radius 1 is 1.17 bits per heavy atom. The maximum Gasteiger partial charge on any atom is 0.322 e. The number of aliphatic carboxylic acids is 1. The van der Waals surface area contributed by atoms with Crippen molar-refractivity contribution in [2.45, 2.75) is 44.6 Å². The van der Waals surface area contributed by atoms with Crippen LogP contribution in [0, 0.1) is 5.92 Å². The van der Waals surface area contributed by atoms with Crippen molar-refractivity contribution in [3.05, 3.63) is 35.4 Å². The number of carboxylic acid groups (broad SMARTS) is 1. The van der Waals surface area contributed by atoms with Gasteiger partial charge in [-0.05, 0) is 55.6 Å². The van der Waals surface area contributed by atoms with Crippen LogP contribution in [0.3, 0.4) is 0 Å². The number of rotatable bonds is 5. The lowest BCUT2D eigenvalue weighted by Crippen LogP contribution is -2.48. The van der Waals surface area contributed by atoms with Gasteiger partial charge in [0.1, 0.15) is 6.04 Å². The Labute approximate surface area is 137 Å². The van der Waals surface area contributed by atoms with Gasteiger partial charge >= 0.3 is 5.97 Å². The van der Waals surface area contributed by atoms with Crippen LogP contribution >= 0.6 is 0 Å². The molecule has 0 aromatic heterocycles. The molecule has 0 radical (unpaired) electrons. The number of nitrogens with zero attached hydrogens (tertiary/aromatic N) is 1. The first-order chi connectivity index (χ1) is 11.0. The molecular weight excluding hydrogens is 314 g/mol. The predicted molar refractivity (Wildman–Crippen MR) is 87.7 cm³/mol. The van der Waals surface area contributed by atoms with E-state index >= 15 is 0 Å². The monoisotopic (exact) mass is 337 g/mol. The van der Waals surface area contributed by atoms with Gasteiger partial charge in [-0.2, -0.15) is 4.31 Å². The SMILES string of the molecule is O=C(O)C1CCCCN1S(=O)(=O)CCC1Cc2ccccc2C1. The Morgan fingerprint density at radius 2 is 1.83 bits per heavy atom. The molecule has 1 saturated heterocycles. The van der Waals surface area contributed by atoms with Crippen LogP contribution in [0.1, 0.15) is 36.8 Å². The number of fused-ring (bicyclic) bond motifs is 1. The zero-order chi connectivity index (χ0) is 16.4. The van der Waals surface area contributed by atoms with Crippen molar-refractivity contribution in [3.63, 3.8) is 0 Å². The third-order valence-corrected chi connectivity index (χ3v) is 6.92. The van der Waals surface area contributed by atoms with Gasteiger partial charge in [0, 0.05) is 6.54 Å². The lowest BCUT2D eigenvalue weighted by atomic mass is 10.0. The molecule has 126 valence electrons. The molecule has 5 nitrogen and oxygen atoms in total. The Morgan fingerprint density at radius 3 is 2.43 bits per heavy atom. The smallest absolute Gasteiger partial charge is 0.322 e. The average Bonchev–Trinajstić information content (AvgIpc) is 2.96. The molecule has 2 aliphatic rings. The van der Waals surface area contributed by atoms with Gasteiger partial charge in [0.25, 0.3) is 0 Å². The molecule has 0 spiro atoms. The highest BCUT2D eigenvalue weighted by atomic mass is 32.2. The zero-order valence-electron chi connectivity index (χ0n) is 13.1. The molecule has 1 fully saturated rings. The molecule has 1 aliphatic heterocycles. The van der Waals surface area contributed by atoms with Gasteiger partial charge in [-0.1, -0.05) is 24.3 Å². The summed E-state index contributed by atoms with van der Waals surface area (Å²) in [6.07, 6.45) is 4.39. The van der Waals surface area contributed by atoms with Gasteiger partial charge in [-0.3, -0.25) is 4.79 Å². The van der Waals surface area contributed by atoms with E-state index in [0.717, 1.165) is 25.7 Å². The fraction of sp³-hybridized carbons (Fsp3) is 0.588. The third-order valence-electron chi connectivity index (χ3n) is 5.02. The number of hydrogen-bond acceptors (Lipinski definition) is 3. The largest absolute Gasteiger partial charge is 0.480 e. The lowest BCUT2D eigenvalue weighted by Gasteiger charge is -2.32. The Kier molecular flexibility index (Phi) is 4.73. The van der Waals surface area contributed by atoms with Crippen molar-refractivity contribution in [2.75, 3.05) is 12.3 Å². The van der Waals surface area contributed by atoms with Gasteiger partial charge < -0.3 is 5.11 Å². The summed E-state index contributed by atoms with van der Waals surface area (Å²) in [7, 11) is -3.50. The fourth-order valence-electron chi connectivity index (χ4n) is 3.77. The molecule has 1 aliphatic carbocycles. The van der Waals surface area contributed by atoms with Crippen LogP contribution in [0.2, 0.25) is 0 Å². The second-order valence-electron chi connectivity index (χ2n) is 6.61. The fourth-order valence-corrected chi connectivity index (χ4v) is 5.63. The number of carbonyl (C=O) groups is 1. The van der Waals surface area contributed by atoms with Crippen molar-refractivity contribution in [1.82, 2.24) is 4.31 Å². The van der Waals surface area contributed by atoms with E-state index in [1.54, 1.807) is 0 Å². The first-order valence-corrected chi connectivity index (χ1v) is 9.87. The molecule has 1 aromatic rings. The Bertz CT molecular complexity index is 661. The summed E-state index contributed by atoms with van der Waals surface area (Å²) in [6.45, 7) is 0.337. The highest BCUT2D eigenvalue weighted by molar-refractivity contribution is 7.89. The quantitative estimate of drug-likeness (QED) is 0.892. The van der Waals surface area contributed by atoms with Crippen LogP contribution in [-0.4, -0.2) is 42.1 Å². The van der Waals surface area contributed by atoms with Gasteiger partial charge in [-0.15, -0.1) is 0 Å². The van der Waals surface area contributed by atoms with Crippen molar-refractivity contribution in [2.24, 2.45) is 5.92 Å². The standard InChI is InChI=1S/C17H23NO4S/c19-17(20)16-7-3-4-9-18(16)23(21,22)10-8-13-11-14-5-1-2-6-15(14)12-13/h1-2,5-6,13,16H,3-4,7-12H2,(H,19,20). The summed E-state index contributed by atoms with van der Waals surface area (Å²) < 4.78 is 26.4. The van der Waals surface area contributed by atoms with Crippen molar-refractivity contribution in [1.29, 1.82) is 0 Å². The zero-order valence-corrected chi connectivity index (χ0v) is 14.0. The molecule has 0 saturated carbocycles. The third kappa shape index (κ3) is 3.58. The summed E-state index contributed by atoms with van der Waals surface area (Å²) in [5.41, 5.74) is 2.63. The van der Waals surface area contributed by atoms with E-state index in [-0.39, 0.29) is 5.75 Å². The van der Waals surface area contributed by atoms with E-state index < -0.39 is 22.0 Å². The first-order valence-electron chi connectivity index (χ1n) is 8.26. The Balaban J connectivity index is 1.62. The van der Waals surface area contributed by atoms with Crippen LogP contribution in [0.4, 0.5) is 0 Å². The first kappa shape index (κ1) is 16.5. The van der Waals surface area contributed by atoms with Crippen LogP contribution in [0.5, 0.6) is 0 Å². The minimum atomic E-state index is -3.50. The van der Waals surface area contributed by atoms with Crippen LogP contribution < -0.4 is 0 Å². The topological polar surface area (TPSA) is 74.7 Å². The minimum Gasteiger partial charge on any atom is -0.480 e. The molecule has 0 bridgehead atoms. The highest BCUT2D eigenvalue weighted by Gasteiger charge is 2.37. The van der Waals surface area contributed by atoms with E-state index in [0.29, 0.717) is 25.3 Å². The van der Waals surface area contributed by atoms with Gasteiger partial charge in [0.15, 0.2) is 0 Å². The predicted octanol–water partition coefficient (Wildman–Crippen LogP) is 2.06. The molecule has 6 heteroatoms. The molecular formula is C17H23NO4S. The number of carboxylic acids is 1. The number of piperidine rings is 1. The summed E-state index contributed by atoms with van der Waals surface area (Å²) in [5.74, 6) is -0.633. The average molecular weight is 337 g/mol. The van der Waals surface area contributed by atoms with Crippen LogP contribution in [-0.2, 0) is 27.7 Å². The second-order valence-corrected chi connectivity index (χ2v) is 8.65. The molecule has 1 atom stereocenters. The Hall–Kier alpha value is -1.40. The van der Waals surface area contributed by atoms with E-state index in [1.165, 1.54) is 15.4 Å². The van der Waals surface area contributed by atoms with Gasteiger partial charge in [0.2, 0.25) is 10.0 Å². The lowest BCUT2D eigenvalue weighted by molar-refractivity contribution is -0.142. The van der Waals surface area contributed by atoms with E-state index in [2.05, 4.69) is 12.1 Å². The molecule has 1 aromatic carbocycles. The molecule has 1 N–H and O–H groups in total. The minimum absolute atomic E-state index is 0.0510. The normalized spacial score (nSPS) is 22.9. The van der Waals surface area contributed by atoms with Crippen LogP contribution in [0.15, 0.2) is 24.3 Å². The highest BCUT2D eigenvalue weighted by Crippen LogP contribution is 2.30. The summed E-state index contributed by atoms with van der Waals surface area (Å²) >= 11 is 0. The van der Waals surface area contributed by atoms with Gasteiger partial charge in [0.05, 0.1) is 5.75 Å². The summed E-state index contributed by atoms with van der Waals surface area (Å²) in [6, 6.07) is 7.37. The number of hydrogen-bond donors (Lipinski definition) is 1. The number of benzene rings is 1. The van der Waals surface area contributed by atoms with E-state index in [1.807, 2.05) is 12.1 Å². The molecule has 23 heavy (non-hydrogen) atoms. The molecule has 1 unspecified atom stereocenters. The summed E-state index contributed by atoms with van der Waals surface area (Å²) in [4.78, 5) is 11.3. The maximum absolute atomic E-state index is 12.6. The number of sulfonamides is 1. The van der Waals surface area contributed by atoms with E-state index in [4.69, 9.17) is 0 Å². The van der Waals surface area contributed by atoms with Crippen molar-refractivity contribution < 1.29 is 18.3 Å². The van der Waals surface area contributed by atoms with Crippen molar-refractivity contribution in [3.8, 4) is 0 Å². The van der Waals surface area contributed by atoms with Crippen LogP contribution in [0.25, 0.3) is 0 Å².